The van der Waals surface area contributed by atoms with Crippen molar-refractivity contribution < 1.29 is 19.1 Å². The van der Waals surface area contributed by atoms with E-state index in [1.165, 1.54) is 6.07 Å². The van der Waals surface area contributed by atoms with Gasteiger partial charge in [0.15, 0.2) is 0 Å². The van der Waals surface area contributed by atoms with Crippen LogP contribution in [0.15, 0.2) is 48.5 Å². The van der Waals surface area contributed by atoms with E-state index in [1.807, 2.05) is 6.92 Å². The summed E-state index contributed by atoms with van der Waals surface area (Å²) < 4.78 is 13.7. The zero-order chi connectivity index (χ0) is 18.4. The summed E-state index contributed by atoms with van der Waals surface area (Å²) in [7, 11) is 0. The number of carbonyl (C=O) groups excluding carboxylic acids is 1. The van der Waals surface area contributed by atoms with E-state index >= 15 is 0 Å². The van der Waals surface area contributed by atoms with Crippen molar-refractivity contribution in [2.24, 2.45) is 5.92 Å². The molecule has 0 aromatic heterocycles. The summed E-state index contributed by atoms with van der Waals surface area (Å²) in [5, 5.41) is 11.7. The zero-order valence-corrected chi connectivity index (χ0v) is 14.3. The number of carbonyl (C=O) groups is 2. The van der Waals surface area contributed by atoms with Gasteiger partial charge in [0.2, 0.25) is 5.91 Å². The van der Waals surface area contributed by atoms with E-state index in [2.05, 4.69) is 5.32 Å². The molecule has 25 heavy (non-hydrogen) atoms. The predicted molar refractivity (Wildman–Crippen MR) is 95.0 cm³/mol. The van der Waals surface area contributed by atoms with Gasteiger partial charge < -0.3 is 10.4 Å². The van der Waals surface area contributed by atoms with E-state index in [-0.39, 0.29) is 24.1 Å². The predicted octanol–water partition coefficient (Wildman–Crippen LogP) is 4.22. The average Bonchev–Trinajstić information content (AvgIpc) is 2.56. The van der Waals surface area contributed by atoms with Crippen molar-refractivity contribution in [3.8, 4) is 0 Å². The summed E-state index contributed by atoms with van der Waals surface area (Å²) in [6.07, 6.45) is 0.618. The monoisotopic (exact) mass is 343 g/mol. The average molecular weight is 343 g/mol. The number of carboxylic acid groups (broad SMARTS) is 1. The molecule has 1 amide bonds. The Bertz CT molecular complexity index is 743. The Balaban J connectivity index is 1.92. The highest BCUT2D eigenvalue weighted by Gasteiger charge is 2.15. The van der Waals surface area contributed by atoms with Crippen LogP contribution in [-0.2, 0) is 16.0 Å². The van der Waals surface area contributed by atoms with Gasteiger partial charge >= 0.3 is 5.97 Å². The molecule has 4 nitrogen and oxygen atoms in total. The first-order valence-electron chi connectivity index (χ1n) is 8.23. The van der Waals surface area contributed by atoms with Gasteiger partial charge in [-0.05, 0) is 41.7 Å². The van der Waals surface area contributed by atoms with Crippen molar-refractivity contribution >= 4 is 17.6 Å². The molecule has 2 aromatic carbocycles. The first kappa shape index (κ1) is 18.6. The summed E-state index contributed by atoms with van der Waals surface area (Å²) in [5.74, 6) is -2.01. The van der Waals surface area contributed by atoms with Crippen LogP contribution in [0, 0.1) is 11.7 Å². The highest BCUT2D eigenvalue weighted by molar-refractivity contribution is 5.91. The molecule has 132 valence electrons. The van der Waals surface area contributed by atoms with Gasteiger partial charge in [-0.25, -0.2) is 4.39 Å². The highest BCUT2D eigenvalue weighted by atomic mass is 19.1. The van der Waals surface area contributed by atoms with Gasteiger partial charge in [0, 0.05) is 12.1 Å². The van der Waals surface area contributed by atoms with E-state index in [9.17, 15) is 14.0 Å². The van der Waals surface area contributed by atoms with Crippen molar-refractivity contribution in [3.63, 3.8) is 0 Å². The van der Waals surface area contributed by atoms with Gasteiger partial charge in [0.05, 0.1) is 5.92 Å². The van der Waals surface area contributed by atoms with E-state index in [1.54, 1.807) is 49.4 Å². The lowest BCUT2D eigenvalue weighted by atomic mass is 9.97. The molecule has 2 unspecified atom stereocenters. The van der Waals surface area contributed by atoms with Crippen LogP contribution in [0.5, 0.6) is 0 Å². The molecule has 0 saturated heterocycles. The largest absolute Gasteiger partial charge is 0.481 e. The van der Waals surface area contributed by atoms with E-state index < -0.39 is 11.9 Å². The van der Waals surface area contributed by atoms with Crippen LogP contribution < -0.4 is 5.32 Å². The standard InChI is InChI=1S/C20H22FNO3/c1-13(17-5-3-4-6-18(17)21)12-19(23)22-16-9-7-15(8-10-16)11-14(2)20(24)25/h3-10,13-14H,11-12H2,1-2H3,(H,22,23)(H,24,25). The normalized spacial score (nSPS) is 13.1. The molecule has 0 radical (unpaired) electrons. The van der Waals surface area contributed by atoms with Crippen LogP contribution in [0.4, 0.5) is 10.1 Å². The lowest BCUT2D eigenvalue weighted by Crippen LogP contribution is -2.15. The fraction of sp³-hybridized carbons (Fsp3) is 0.300. The Hall–Kier alpha value is -2.69. The van der Waals surface area contributed by atoms with Gasteiger partial charge in [0.1, 0.15) is 5.82 Å². The summed E-state index contributed by atoms with van der Waals surface area (Å²) in [4.78, 5) is 23.0. The number of amides is 1. The van der Waals surface area contributed by atoms with Crippen LogP contribution in [0.25, 0.3) is 0 Å². The maximum atomic E-state index is 13.7. The SMILES string of the molecule is CC(Cc1ccc(NC(=O)CC(C)c2ccccc2F)cc1)C(=O)O. The lowest BCUT2D eigenvalue weighted by molar-refractivity contribution is -0.141. The summed E-state index contributed by atoms with van der Waals surface area (Å²) in [5.41, 5.74) is 2.06. The number of hydrogen-bond acceptors (Lipinski definition) is 2. The number of halogens is 1. The highest BCUT2D eigenvalue weighted by Crippen LogP contribution is 2.22. The Morgan fingerprint density at radius 1 is 1.08 bits per heavy atom. The van der Waals surface area contributed by atoms with Crippen LogP contribution in [0.3, 0.4) is 0 Å². The molecule has 0 bridgehead atoms. The second-order valence-corrected chi connectivity index (χ2v) is 6.32. The van der Waals surface area contributed by atoms with Crippen LogP contribution in [0.2, 0.25) is 0 Å². The van der Waals surface area contributed by atoms with Crippen molar-refractivity contribution in [2.45, 2.75) is 32.6 Å². The van der Waals surface area contributed by atoms with Crippen molar-refractivity contribution in [2.75, 3.05) is 5.32 Å². The fourth-order valence-electron chi connectivity index (χ4n) is 2.64. The van der Waals surface area contributed by atoms with Crippen LogP contribution >= 0.6 is 0 Å². The van der Waals surface area contributed by atoms with Gasteiger partial charge in [0.25, 0.3) is 0 Å². The molecule has 2 N–H and O–H groups in total. The molecular weight excluding hydrogens is 321 g/mol. The Labute approximate surface area is 146 Å². The minimum atomic E-state index is -0.834. The molecule has 0 aliphatic heterocycles. The third kappa shape index (κ3) is 5.41. The molecular formula is C20H22FNO3. The minimum absolute atomic E-state index is 0.179. The maximum absolute atomic E-state index is 13.7. The molecule has 0 spiro atoms. The topological polar surface area (TPSA) is 66.4 Å². The first-order valence-corrected chi connectivity index (χ1v) is 8.23. The number of carboxylic acids is 1. The minimum Gasteiger partial charge on any atom is -0.481 e. The van der Waals surface area contributed by atoms with Crippen LogP contribution in [0.1, 0.15) is 37.3 Å². The molecule has 0 aliphatic rings. The number of hydrogen-bond donors (Lipinski definition) is 2. The van der Waals surface area contributed by atoms with Gasteiger partial charge in [-0.2, -0.15) is 0 Å². The number of benzene rings is 2. The summed E-state index contributed by atoms with van der Waals surface area (Å²) in [6, 6.07) is 13.5. The maximum Gasteiger partial charge on any atom is 0.306 e. The zero-order valence-electron chi connectivity index (χ0n) is 14.3. The van der Waals surface area contributed by atoms with Gasteiger partial charge in [-0.1, -0.05) is 44.2 Å². The van der Waals surface area contributed by atoms with Gasteiger partial charge in [-0.3, -0.25) is 9.59 Å². The quantitative estimate of drug-likeness (QED) is 0.791. The van der Waals surface area contributed by atoms with Gasteiger partial charge in [-0.15, -0.1) is 0 Å². The second-order valence-electron chi connectivity index (χ2n) is 6.32. The smallest absolute Gasteiger partial charge is 0.306 e. The molecule has 2 atom stereocenters. The fourth-order valence-corrected chi connectivity index (χ4v) is 2.64. The molecule has 2 rings (SSSR count). The third-order valence-corrected chi connectivity index (χ3v) is 4.13. The number of nitrogens with one attached hydrogen (secondary N) is 1. The number of anilines is 1. The second kappa shape index (κ2) is 8.42. The van der Waals surface area contributed by atoms with Crippen LogP contribution in [-0.4, -0.2) is 17.0 Å². The molecule has 0 fully saturated rings. The number of aliphatic carboxylic acids is 1. The molecule has 0 aliphatic carbocycles. The van der Waals surface area contributed by atoms with Crippen molar-refractivity contribution in [3.05, 3.63) is 65.5 Å². The van der Waals surface area contributed by atoms with Crippen molar-refractivity contribution in [1.82, 2.24) is 0 Å². The van der Waals surface area contributed by atoms with E-state index in [4.69, 9.17) is 5.11 Å². The van der Waals surface area contributed by atoms with Crippen molar-refractivity contribution in [1.29, 1.82) is 0 Å². The Morgan fingerprint density at radius 2 is 1.72 bits per heavy atom. The Morgan fingerprint density at radius 3 is 2.32 bits per heavy atom. The molecule has 5 heteroatoms. The summed E-state index contributed by atoms with van der Waals surface area (Å²) in [6.45, 7) is 3.47. The number of rotatable bonds is 7. The first-order chi connectivity index (χ1) is 11.9. The summed E-state index contributed by atoms with van der Waals surface area (Å²) >= 11 is 0. The van der Waals surface area contributed by atoms with E-state index in [0.29, 0.717) is 17.7 Å². The molecule has 2 aromatic rings. The Kier molecular flexibility index (Phi) is 6.28. The molecule has 0 heterocycles. The third-order valence-electron chi connectivity index (χ3n) is 4.13. The molecule has 0 saturated carbocycles. The lowest BCUT2D eigenvalue weighted by Gasteiger charge is -2.13. The van der Waals surface area contributed by atoms with E-state index in [0.717, 1.165) is 5.56 Å².